The molecule has 20 heteroatoms. The third-order valence-corrected chi connectivity index (χ3v) is 9.88. The molecule has 0 saturated heterocycles. The largest absolute Gasteiger partial charge is 0.480 e. The number of carboxylic acids is 1. The Hall–Kier alpha value is -7.64. The number of ether oxygens (including phenoxy) is 4. The number of esters is 4. The van der Waals surface area contributed by atoms with Crippen LogP contribution in [-0.2, 0) is 38.4 Å². The number of rotatable bonds is 20. The normalized spacial score (nSPS) is 13.1. The molecule has 1 aliphatic carbocycles. The second kappa shape index (κ2) is 25.0. The fourth-order valence-corrected chi connectivity index (χ4v) is 6.90. The van der Waals surface area contributed by atoms with Gasteiger partial charge in [0.1, 0.15) is 12.1 Å². The Morgan fingerprint density at radius 1 is 0.621 bits per heavy atom. The molecule has 1 aliphatic rings. The Labute approximate surface area is 379 Å². The van der Waals surface area contributed by atoms with Crippen LogP contribution in [0.2, 0.25) is 0 Å². The number of carboxylic acid groups (broad SMARTS) is 1. The number of aliphatic carboxylic acids is 1. The first kappa shape index (κ1) is 51.0. The van der Waals surface area contributed by atoms with E-state index in [2.05, 4.69) is 16.0 Å². The number of nitrogens with one attached hydrogen (secondary N) is 3. The van der Waals surface area contributed by atoms with Crippen molar-refractivity contribution in [3.05, 3.63) is 83.4 Å². The van der Waals surface area contributed by atoms with Gasteiger partial charge in [0, 0.05) is 40.7 Å². The standard InChI is InChI=1S/C46H52N4O16/c1-27(51)62-37-22-13-19-33(40(37)64-29(3)53)42(56)47-26-12-11-21-35(48-43(57)34-20-14-23-38(63-28(2)52)41(34)65-30(4)54)44(58)49-36(45(59)60)24-25-39(55)50(32-17-9-6-10-18-32)66-46(61)31-15-7-5-8-16-31/h5,7-8,13-16,19-20,22-23,32,35-36H,6,9-12,17-18,21,24-26H2,1-4H3,(H,47,56)(H,48,57)(H,49,58)(H,59,60)/t35?,36-/m0/s1. The highest BCUT2D eigenvalue weighted by atomic mass is 16.7. The zero-order chi connectivity index (χ0) is 48.3. The first-order valence-electron chi connectivity index (χ1n) is 21.2. The molecule has 3 aromatic carbocycles. The smallest absolute Gasteiger partial charge is 0.363 e. The van der Waals surface area contributed by atoms with E-state index in [1.807, 2.05) is 0 Å². The fraction of sp³-hybridized carbons (Fsp3) is 0.391. The summed E-state index contributed by atoms with van der Waals surface area (Å²) in [5.74, 6) is -9.94. The molecule has 1 fully saturated rings. The minimum atomic E-state index is -1.67. The predicted molar refractivity (Wildman–Crippen MR) is 230 cm³/mol. The number of para-hydroxylation sites is 2. The van der Waals surface area contributed by atoms with Gasteiger partial charge < -0.3 is 44.8 Å². The van der Waals surface area contributed by atoms with Gasteiger partial charge >= 0.3 is 35.8 Å². The molecule has 2 atom stereocenters. The Morgan fingerprint density at radius 3 is 1.70 bits per heavy atom. The van der Waals surface area contributed by atoms with Crippen molar-refractivity contribution >= 4 is 59.4 Å². The van der Waals surface area contributed by atoms with Crippen LogP contribution < -0.4 is 34.9 Å². The lowest BCUT2D eigenvalue weighted by molar-refractivity contribution is -0.180. The summed E-state index contributed by atoms with van der Waals surface area (Å²) in [6.07, 6.45) is 2.85. The van der Waals surface area contributed by atoms with Gasteiger partial charge in [-0.05, 0) is 74.9 Å². The lowest BCUT2D eigenvalue weighted by Crippen LogP contribution is -2.52. The Morgan fingerprint density at radius 2 is 1.17 bits per heavy atom. The van der Waals surface area contributed by atoms with Crippen LogP contribution in [0.4, 0.5) is 0 Å². The van der Waals surface area contributed by atoms with Crippen molar-refractivity contribution in [1.82, 2.24) is 21.0 Å². The number of hydrogen-bond acceptors (Lipinski definition) is 15. The van der Waals surface area contributed by atoms with Gasteiger partial charge in [0.25, 0.3) is 17.7 Å². The van der Waals surface area contributed by atoms with Crippen molar-refractivity contribution in [2.75, 3.05) is 6.54 Å². The molecule has 3 aromatic rings. The zero-order valence-corrected chi connectivity index (χ0v) is 36.9. The van der Waals surface area contributed by atoms with Crippen molar-refractivity contribution in [3.63, 3.8) is 0 Å². The number of carbonyl (C=O) groups excluding carboxylic acids is 9. The molecule has 4 amide bonds. The summed E-state index contributed by atoms with van der Waals surface area (Å²) in [4.78, 5) is 133. The summed E-state index contributed by atoms with van der Waals surface area (Å²) in [6.45, 7) is 4.34. The van der Waals surface area contributed by atoms with Crippen LogP contribution in [0.25, 0.3) is 0 Å². The maximum Gasteiger partial charge on any atom is 0.363 e. The van der Waals surface area contributed by atoms with Crippen molar-refractivity contribution in [2.24, 2.45) is 0 Å². The summed E-state index contributed by atoms with van der Waals surface area (Å²) in [7, 11) is 0. The Balaban J connectivity index is 1.52. The lowest BCUT2D eigenvalue weighted by atomic mass is 9.95. The Bertz CT molecular complexity index is 2290. The van der Waals surface area contributed by atoms with Crippen LogP contribution in [0.15, 0.2) is 66.7 Å². The van der Waals surface area contributed by atoms with Crippen molar-refractivity contribution in [1.29, 1.82) is 0 Å². The number of hydroxylamine groups is 2. The minimum absolute atomic E-state index is 0.0222. The highest BCUT2D eigenvalue weighted by molar-refractivity contribution is 6.02. The van der Waals surface area contributed by atoms with E-state index in [1.165, 1.54) is 48.5 Å². The number of hydrogen-bond donors (Lipinski definition) is 4. The maximum atomic E-state index is 14.0. The molecule has 0 spiro atoms. The zero-order valence-electron chi connectivity index (χ0n) is 36.9. The molecule has 1 unspecified atom stereocenters. The SMILES string of the molecule is CC(=O)Oc1cccc(C(=O)NCCCCC(NC(=O)c2cccc(OC(C)=O)c2OC(C)=O)C(=O)N[C@@H](CCC(=O)N(OC(=O)c2ccccc2)C2CCCCC2)C(=O)O)c1OC(C)=O. The molecule has 4 rings (SSSR count). The molecular weight excluding hydrogens is 865 g/mol. The monoisotopic (exact) mass is 916 g/mol. The molecule has 0 aliphatic heterocycles. The van der Waals surface area contributed by atoms with E-state index in [4.69, 9.17) is 23.8 Å². The van der Waals surface area contributed by atoms with Crippen LogP contribution in [0.3, 0.4) is 0 Å². The molecule has 352 valence electrons. The Kier molecular flexibility index (Phi) is 19.3. The van der Waals surface area contributed by atoms with E-state index in [0.29, 0.717) is 12.8 Å². The van der Waals surface area contributed by atoms with Crippen LogP contribution in [0, 0.1) is 0 Å². The van der Waals surface area contributed by atoms with E-state index >= 15 is 0 Å². The van der Waals surface area contributed by atoms with E-state index in [1.54, 1.807) is 18.2 Å². The average Bonchev–Trinajstić information content (AvgIpc) is 3.26. The van der Waals surface area contributed by atoms with Crippen molar-refractivity contribution in [2.45, 2.75) is 110 Å². The molecular formula is C46H52N4O16. The van der Waals surface area contributed by atoms with E-state index in [-0.39, 0.29) is 59.7 Å². The number of unbranched alkanes of at least 4 members (excludes halogenated alkanes) is 1. The van der Waals surface area contributed by atoms with Crippen LogP contribution in [0.1, 0.15) is 123 Å². The topological polar surface area (TPSA) is 276 Å². The lowest BCUT2D eigenvalue weighted by Gasteiger charge is -2.32. The highest BCUT2D eigenvalue weighted by Crippen LogP contribution is 2.33. The third-order valence-electron chi connectivity index (χ3n) is 9.88. The predicted octanol–water partition coefficient (Wildman–Crippen LogP) is 4.37. The number of nitrogens with zero attached hydrogens (tertiary/aromatic N) is 1. The second-order valence-corrected chi connectivity index (χ2v) is 15.1. The molecule has 0 bridgehead atoms. The van der Waals surface area contributed by atoms with Gasteiger partial charge in [0.05, 0.1) is 22.7 Å². The van der Waals surface area contributed by atoms with Crippen molar-refractivity contribution in [3.8, 4) is 23.0 Å². The van der Waals surface area contributed by atoms with E-state index < -0.39 is 96.2 Å². The number of benzene rings is 3. The summed E-state index contributed by atoms with van der Waals surface area (Å²) < 4.78 is 20.6. The van der Waals surface area contributed by atoms with Gasteiger partial charge in [0.15, 0.2) is 23.0 Å². The number of amides is 4. The minimum Gasteiger partial charge on any atom is -0.480 e. The molecule has 0 aromatic heterocycles. The van der Waals surface area contributed by atoms with Gasteiger partial charge in [0.2, 0.25) is 5.91 Å². The number of carbonyl (C=O) groups is 10. The van der Waals surface area contributed by atoms with Crippen molar-refractivity contribution < 1.29 is 76.8 Å². The van der Waals surface area contributed by atoms with E-state index in [0.717, 1.165) is 52.0 Å². The summed E-state index contributed by atoms with van der Waals surface area (Å²) in [5, 5.41) is 18.8. The molecule has 0 heterocycles. The van der Waals surface area contributed by atoms with Gasteiger partial charge in [-0.2, -0.15) is 5.06 Å². The van der Waals surface area contributed by atoms with Crippen LogP contribution in [-0.4, -0.2) is 94.3 Å². The maximum absolute atomic E-state index is 14.0. The molecule has 0 radical (unpaired) electrons. The summed E-state index contributed by atoms with van der Waals surface area (Å²) >= 11 is 0. The van der Waals surface area contributed by atoms with Gasteiger partial charge in [-0.3, -0.25) is 38.4 Å². The fourth-order valence-electron chi connectivity index (χ4n) is 6.90. The molecule has 20 nitrogen and oxygen atoms in total. The molecule has 66 heavy (non-hydrogen) atoms. The summed E-state index contributed by atoms with van der Waals surface area (Å²) in [5.41, 5.74) is -0.237. The van der Waals surface area contributed by atoms with Gasteiger partial charge in [-0.25, -0.2) is 9.59 Å². The molecule has 1 saturated carbocycles. The van der Waals surface area contributed by atoms with Gasteiger partial charge in [-0.1, -0.05) is 49.6 Å². The van der Waals surface area contributed by atoms with Crippen LogP contribution >= 0.6 is 0 Å². The van der Waals surface area contributed by atoms with Crippen LogP contribution in [0.5, 0.6) is 23.0 Å². The molecule has 4 N–H and O–H groups in total. The average molecular weight is 917 g/mol. The van der Waals surface area contributed by atoms with Gasteiger partial charge in [-0.15, -0.1) is 0 Å². The highest BCUT2D eigenvalue weighted by Gasteiger charge is 2.33. The second-order valence-electron chi connectivity index (χ2n) is 15.1. The third kappa shape index (κ3) is 15.6. The summed E-state index contributed by atoms with van der Waals surface area (Å²) in [6, 6.07) is 12.4. The van der Waals surface area contributed by atoms with E-state index in [9.17, 15) is 53.1 Å². The quantitative estimate of drug-likeness (QED) is 0.0530. The first-order valence-corrected chi connectivity index (χ1v) is 21.2. The first-order chi connectivity index (χ1) is 31.4.